The van der Waals surface area contributed by atoms with Gasteiger partial charge >= 0.3 is 0 Å². The van der Waals surface area contributed by atoms with Gasteiger partial charge in [0.1, 0.15) is 16.3 Å². The van der Waals surface area contributed by atoms with Gasteiger partial charge in [0.2, 0.25) is 0 Å². The van der Waals surface area contributed by atoms with Crippen molar-refractivity contribution in [2.24, 2.45) is 4.99 Å². The first-order chi connectivity index (χ1) is 10.6. The molecule has 4 rings (SSSR count). The molecule has 0 radical (unpaired) electrons. The Kier molecular flexibility index (Phi) is 3.02. The van der Waals surface area contributed by atoms with Gasteiger partial charge in [0.05, 0.1) is 18.5 Å². The number of rotatable bonds is 3. The number of para-hydroxylation sites is 2. The Morgan fingerprint density at radius 2 is 1.95 bits per heavy atom. The summed E-state index contributed by atoms with van der Waals surface area (Å²) in [7, 11) is -3.48. The van der Waals surface area contributed by atoms with Crippen molar-refractivity contribution in [3.05, 3.63) is 48.0 Å². The molecule has 1 atom stereocenters. The summed E-state index contributed by atoms with van der Waals surface area (Å²) in [6, 6.07) is 12.4. The number of hydrogen-bond donors (Lipinski definition) is 0. The summed E-state index contributed by atoms with van der Waals surface area (Å²) < 4.78 is 36.1. The maximum Gasteiger partial charge on any atom is 0.184 e. The molecule has 0 aromatic heterocycles. The van der Waals surface area contributed by atoms with Crippen molar-refractivity contribution in [2.75, 3.05) is 12.4 Å². The van der Waals surface area contributed by atoms with Gasteiger partial charge in [-0.2, -0.15) is 0 Å². The second-order valence-corrected chi connectivity index (χ2v) is 7.24. The third-order valence-corrected chi connectivity index (χ3v) is 5.38. The predicted octanol–water partition coefficient (Wildman–Crippen LogP) is 2.72. The van der Waals surface area contributed by atoms with Crippen molar-refractivity contribution >= 4 is 21.7 Å². The van der Waals surface area contributed by atoms with E-state index in [-0.39, 0.29) is 22.5 Å². The second kappa shape index (κ2) is 4.93. The lowest BCUT2D eigenvalue weighted by atomic mass is 10.2. The van der Waals surface area contributed by atoms with Crippen LogP contribution in [-0.4, -0.2) is 33.1 Å². The minimum atomic E-state index is -3.48. The van der Waals surface area contributed by atoms with Crippen LogP contribution in [0.15, 0.2) is 52.4 Å². The van der Waals surface area contributed by atoms with Gasteiger partial charge in [-0.3, -0.25) is 4.99 Å². The number of sulfone groups is 1. The van der Waals surface area contributed by atoms with E-state index in [1.165, 1.54) is 0 Å². The minimum absolute atomic E-state index is 0.0296. The summed E-state index contributed by atoms with van der Waals surface area (Å²) in [5, 5.41) is 0. The maximum atomic E-state index is 12.6. The second-order valence-electron chi connectivity index (χ2n) is 5.24. The fraction of sp³-hybridized carbons (Fsp3) is 0.188. The van der Waals surface area contributed by atoms with Crippen LogP contribution in [0.1, 0.15) is 5.56 Å². The zero-order chi connectivity index (χ0) is 15.2. The maximum absolute atomic E-state index is 12.6. The van der Waals surface area contributed by atoms with Gasteiger partial charge in [0, 0.05) is 11.8 Å². The molecule has 1 fully saturated rings. The van der Waals surface area contributed by atoms with E-state index >= 15 is 0 Å². The number of aliphatic imine (C=N–C) groups is 1. The molecule has 0 N–H and O–H groups in total. The van der Waals surface area contributed by atoms with E-state index in [1.54, 1.807) is 30.5 Å². The van der Waals surface area contributed by atoms with Gasteiger partial charge in [-0.25, -0.2) is 8.42 Å². The average molecular weight is 315 g/mol. The van der Waals surface area contributed by atoms with Crippen molar-refractivity contribution in [1.29, 1.82) is 0 Å². The Bertz CT molecular complexity index is 869. The molecule has 5 nitrogen and oxygen atoms in total. The third kappa shape index (κ3) is 2.40. The van der Waals surface area contributed by atoms with Crippen LogP contribution in [0.5, 0.6) is 11.5 Å². The molecule has 2 aliphatic heterocycles. The highest BCUT2D eigenvalue weighted by Gasteiger charge is 2.33. The van der Waals surface area contributed by atoms with Crippen LogP contribution in [0.2, 0.25) is 0 Å². The largest absolute Gasteiger partial charge is 0.453 e. The molecule has 0 spiro atoms. The quantitative estimate of drug-likeness (QED) is 0.697. The first-order valence-corrected chi connectivity index (χ1v) is 8.57. The van der Waals surface area contributed by atoms with Crippen molar-refractivity contribution < 1.29 is 17.9 Å². The molecular formula is C16H13NO4S. The predicted molar refractivity (Wildman–Crippen MR) is 82.0 cm³/mol. The molecule has 2 aromatic carbocycles. The SMILES string of the molecule is O=S(=O)(CC1CO1)c1cccc2c1Oc1ccccc1C=N2. The van der Waals surface area contributed by atoms with Crippen LogP contribution < -0.4 is 4.74 Å². The van der Waals surface area contributed by atoms with E-state index < -0.39 is 9.84 Å². The molecule has 0 bridgehead atoms. The third-order valence-electron chi connectivity index (χ3n) is 3.57. The molecule has 1 saturated heterocycles. The number of ether oxygens (including phenoxy) is 2. The number of hydrogen-bond acceptors (Lipinski definition) is 5. The van der Waals surface area contributed by atoms with Crippen LogP contribution >= 0.6 is 0 Å². The van der Waals surface area contributed by atoms with Crippen LogP contribution in [0.4, 0.5) is 5.69 Å². The first-order valence-electron chi connectivity index (χ1n) is 6.92. The highest BCUT2D eigenvalue weighted by molar-refractivity contribution is 7.91. The van der Waals surface area contributed by atoms with Crippen molar-refractivity contribution in [3.8, 4) is 11.5 Å². The van der Waals surface area contributed by atoms with E-state index in [0.29, 0.717) is 18.0 Å². The molecule has 0 amide bonds. The molecule has 112 valence electrons. The zero-order valence-electron chi connectivity index (χ0n) is 11.6. The van der Waals surface area contributed by atoms with Crippen LogP contribution in [-0.2, 0) is 14.6 Å². The minimum Gasteiger partial charge on any atom is -0.453 e. The van der Waals surface area contributed by atoms with Gasteiger partial charge in [0.15, 0.2) is 15.6 Å². The summed E-state index contributed by atoms with van der Waals surface area (Å²) in [6.07, 6.45) is 1.48. The summed E-state index contributed by atoms with van der Waals surface area (Å²) in [5.41, 5.74) is 1.32. The highest BCUT2D eigenvalue weighted by Crippen LogP contribution is 2.41. The molecule has 2 aromatic rings. The fourth-order valence-electron chi connectivity index (χ4n) is 2.38. The zero-order valence-corrected chi connectivity index (χ0v) is 12.4. The Hall–Kier alpha value is -2.18. The van der Waals surface area contributed by atoms with Crippen LogP contribution in [0.3, 0.4) is 0 Å². The monoisotopic (exact) mass is 315 g/mol. The molecule has 2 heterocycles. The van der Waals surface area contributed by atoms with Crippen molar-refractivity contribution in [1.82, 2.24) is 0 Å². The molecule has 22 heavy (non-hydrogen) atoms. The van der Waals surface area contributed by atoms with Crippen molar-refractivity contribution in [3.63, 3.8) is 0 Å². The standard InChI is InChI=1S/C16H13NO4S/c18-22(19,10-12-9-20-12)15-7-3-5-13-16(15)21-14-6-2-1-4-11(14)8-17-13/h1-8,12H,9-10H2. The smallest absolute Gasteiger partial charge is 0.184 e. The van der Waals surface area contributed by atoms with Gasteiger partial charge in [-0.15, -0.1) is 0 Å². The van der Waals surface area contributed by atoms with E-state index in [1.807, 2.05) is 18.2 Å². The highest BCUT2D eigenvalue weighted by atomic mass is 32.2. The van der Waals surface area contributed by atoms with Gasteiger partial charge < -0.3 is 9.47 Å². The number of nitrogens with zero attached hydrogens (tertiary/aromatic N) is 1. The lowest BCUT2D eigenvalue weighted by molar-refractivity contribution is 0.422. The Labute approximate surface area is 128 Å². The van der Waals surface area contributed by atoms with E-state index in [4.69, 9.17) is 9.47 Å². The Balaban J connectivity index is 1.84. The summed E-state index contributed by atoms with van der Waals surface area (Å²) >= 11 is 0. The number of fused-ring (bicyclic) bond motifs is 2. The fourth-order valence-corrected chi connectivity index (χ4v) is 3.96. The van der Waals surface area contributed by atoms with Crippen LogP contribution in [0.25, 0.3) is 0 Å². The molecular weight excluding hydrogens is 302 g/mol. The van der Waals surface area contributed by atoms with E-state index in [9.17, 15) is 8.42 Å². The molecule has 1 unspecified atom stereocenters. The summed E-state index contributed by atoms with van der Waals surface area (Å²) in [6.45, 7) is 0.496. The lowest BCUT2D eigenvalue weighted by Gasteiger charge is -2.12. The topological polar surface area (TPSA) is 68.3 Å². The summed E-state index contributed by atoms with van der Waals surface area (Å²) in [4.78, 5) is 4.51. The van der Waals surface area contributed by atoms with E-state index in [0.717, 1.165) is 5.56 Å². The Morgan fingerprint density at radius 1 is 1.14 bits per heavy atom. The first kappa shape index (κ1) is 13.5. The summed E-state index contributed by atoms with van der Waals surface area (Å²) in [5.74, 6) is 0.845. The number of benzene rings is 2. The molecule has 0 aliphatic carbocycles. The lowest BCUT2D eigenvalue weighted by Crippen LogP contribution is -2.12. The number of epoxide rings is 1. The van der Waals surface area contributed by atoms with Crippen LogP contribution in [0, 0.1) is 0 Å². The van der Waals surface area contributed by atoms with Gasteiger partial charge in [-0.1, -0.05) is 18.2 Å². The average Bonchev–Trinajstić information content (AvgIpc) is 3.31. The normalized spacial score (nSPS) is 18.8. The van der Waals surface area contributed by atoms with Gasteiger partial charge in [0.25, 0.3) is 0 Å². The van der Waals surface area contributed by atoms with Crippen molar-refractivity contribution in [2.45, 2.75) is 11.0 Å². The Morgan fingerprint density at radius 3 is 2.77 bits per heavy atom. The molecule has 2 aliphatic rings. The molecule has 6 heteroatoms. The van der Waals surface area contributed by atoms with E-state index in [2.05, 4.69) is 4.99 Å². The van der Waals surface area contributed by atoms with Gasteiger partial charge in [-0.05, 0) is 24.3 Å². The molecule has 0 saturated carbocycles.